The third-order valence-corrected chi connectivity index (χ3v) is 3.81. The molecule has 0 aliphatic carbocycles. The Bertz CT molecular complexity index is 512. The van der Waals surface area contributed by atoms with Gasteiger partial charge in [-0.05, 0) is 25.0 Å². The fourth-order valence-electron chi connectivity index (χ4n) is 2.62. The number of carboxylic acids is 1. The summed E-state index contributed by atoms with van der Waals surface area (Å²) in [6.07, 6.45) is 0.374. The number of carbonyl (C=O) groups excluding carboxylic acids is 1. The Balaban J connectivity index is 2.31. The third kappa shape index (κ3) is 2.61. The zero-order valence-corrected chi connectivity index (χ0v) is 11.9. The summed E-state index contributed by atoms with van der Waals surface area (Å²) in [4.78, 5) is 27.1. The smallest absolute Gasteiger partial charge is 0.326 e. The van der Waals surface area contributed by atoms with E-state index < -0.39 is 12.0 Å². The van der Waals surface area contributed by atoms with Gasteiger partial charge in [0.15, 0.2) is 0 Å². The number of hydrogen-bond acceptors (Lipinski definition) is 2. The van der Waals surface area contributed by atoms with E-state index in [2.05, 4.69) is 0 Å². The highest BCUT2D eigenvalue weighted by Crippen LogP contribution is 2.24. The molecule has 108 valence electrons. The van der Waals surface area contributed by atoms with Crippen molar-refractivity contribution in [3.8, 4) is 0 Å². The minimum Gasteiger partial charge on any atom is -0.480 e. The van der Waals surface area contributed by atoms with Crippen LogP contribution >= 0.6 is 0 Å². The molecule has 0 saturated carbocycles. The number of urea groups is 1. The van der Waals surface area contributed by atoms with Gasteiger partial charge in [-0.1, -0.05) is 24.3 Å². The molecule has 5 heteroatoms. The van der Waals surface area contributed by atoms with E-state index in [-0.39, 0.29) is 6.03 Å². The van der Waals surface area contributed by atoms with Gasteiger partial charge in [0.25, 0.3) is 0 Å². The molecule has 1 aromatic rings. The lowest BCUT2D eigenvalue weighted by Crippen LogP contribution is -2.53. The number of aliphatic carboxylic acids is 1. The van der Waals surface area contributed by atoms with Crippen LogP contribution in [0.25, 0.3) is 0 Å². The predicted molar refractivity (Wildman–Crippen MR) is 75.4 cm³/mol. The first-order valence-corrected chi connectivity index (χ1v) is 6.93. The standard InChI is InChI=1S/C15H20N2O3/c1-3-16(4-2)15(20)17-10-12-8-6-5-7-11(12)9-13(17)14(18)19/h5-8,13H,3-4,9-10H2,1-2H3,(H,18,19)/t13-/m0/s1. The molecule has 20 heavy (non-hydrogen) atoms. The summed E-state index contributed by atoms with van der Waals surface area (Å²) in [6.45, 7) is 5.33. The molecule has 1 heterocycles. The van der Waals surface area contributed by atoms with Crippen LogP contribution in [0.15, 0.2) is 24.3 Å². The average Bonchev–Trinajstić information content (AvgIpc) is 2.46. The maximum absolute atomic E-state index is 12.5. The van der Waals surface area contributed by atoms with Crippen molar-refractivity contribution in [1.82, 2.24) is 9.80 Å². The number of carboxylic acid groups (broad SMARTS) is 1. The summed E-state index contributed by atoms with van der Waals surface area (Å²) in [5.41, 5.74) is 2.05. The van der Waals surface area contributed by atoms with Crippen LogP contribution in [0.1, 0.15) is 25.0 Å². The van der Waals surface area contributed by atoms with Crippen molar-refractivity contribution in [1.29, 1.82) is 0 Å². The monoisotopic (exact) mass is 276 g/mol. The minimum atomic E-state index is -0.944. The van der Waals surface area contributed by atoms with Crippen molar-refractivity contribution in [2.45, 2.75) is 32.9 Å². The summed E-state index contributed by atoms with van der Waals surface area (Å²) >= 11 is 0. The van der Waals surface area contributed by atoms with Gasteiger partial charge in [0, 0.05) is 26.1 Å². The quantitative estimate of drug-likeness (QED) is 0.918. The van der Waals surface area contributed by atoms with E-state index in [1.165, 1.54) is 4.90 Å². The number of carbonyl (C=O) groups is 2. The molecule has 0 bridgehead atoms. The van der Waals surface area contributed by atoms with Gasteiger partial charge in [-0.15, -0.1) is 0 Å². The number of benzene rings is 1. The maximum atomic E-state index is 12.5. The highest BCUT2D eigenvalue weighted by molar-refractivity contribution is 5.83. The topological polar surface area (TPSA) is 60.9 Å². The Labute approximate surface area is 118 Å². The first-order chi connectivity index (χ1) is 9.58. The van der Waals surface area contributed by atoms with Crippen LogP contribution in [-0.4, -0.2) is 46.0 Å². The molecule has 0 saturated heterocycles. The Morgan fingerprint density at radius 3 is 2.40 bits per heavy atom. The van der Waals surface area contributed by atoms with Crippen molar-refractivity contribution in [3.05, 3.63) is 35.4 Å². The summed E-state index contributed by atoms with van der Waals surface area (Å²) in [6, 6.07) is 6.73. The molecule has 1 aliphatic rings. The second-order valence-corrected chi connectivity index (χ2v) is 4.91. The highest BCUT2D eigenvalue weighted by Gasteiger charge is 2.35. The molecule has 1 N–H and O–H groups in total. The van der Waals surface area contributed by atoms with Crippen molar-refractivity contribution >= 4 is 12.0 Å². The Kier molecular flexibility index (Phi) is 4.27. The van der Waals surface area contributed by atoms with Gasteiger partial charge in [0.2, 0.25) is 0 Å². The molecular weight excluding hydrogens is 256 g/mol. The van der Waals surface area contributed by atoms with Crippen molar-refractivity contribution in [2.75, 3.05) is 13.1 Å². The van der Waals surface area contributed by atoms with Gasteiger partial charge < -0.3 is 14.9 Å². The molecule has 1 aromatic carbocycles. The average molecular weight is 276 g/mol. The van der Waals surface area contributed by atoms with E-state index >= 15 is 0 Å². The van der Waals surface area contributed by atoms with Gasteiger partial charge in [-0.25, -0.2) is 9.59 Å². The van der Waals surface area contributed by atoms with Crippen LogP contribution in [0, 0.1) is 0 Å². The second kappa shape index (κ2) is 5.94. The zero-order chi connectivity index (χ0) is 14.7. The van der Waals surface area contributed by atoms with E-state index in [1.54, 1.807) is 4.90 Å². The SMILES string of the molecule is CCN(CC)C(=O)N1Cc2ccccc2C[C@H]1C(=O)O. The Morgan fingerprint density at radius 2 is 1.85 bits per heavy atom. The van der Waals surface area contributed by atoms with Gasteiger partial charge in [0.1, 0.15) is 6.04 Å². The first-order valence-electron chi connectivity index (χ1n) is 6.93. The largest absolute Gasteiger partial charge is 0.480 e. The Morgan fingerprint density at radius 1 is 1.25 bits per heavy atom. The first kappa shape index (κ1) is 14.4. The third-order valence-electron chi connectivity index (χ3n) is 3.81. The van der Waals surface area contributed by atoms with Crippen LogP contribution in [0.2, 0.25) is 0 Å². The van der Waals surface area contributed by atoms with E-state index in [0.29, 0.717) is 26.1 Å². The highest BCUT2D eigenvalue weighted by atomic mass is 16.4. The number of nitrogens with zero attached hydrogens (tertiary/aromatic N) is 2. The molecule has 0 spiro atoms. The number of amides is 2. The van der Waals surface area contributed by atoms with Crippen LogP contribution < -0.4 is 0 Å². The summed E-state index contributed by atoms with van der Waals surface area (Å²) < 4.78 is 0. The normalized spacial score (nSPS) is 17.5. The van der Waals surface area contributed by atoms with Crippen LogP contribution in [0.4, 0.5) is 4.79 Å². The van der Waals surface area contributed by atoms with Gasteiger partial charge in [-0.3, -0.25) is 0 Å². The minimum absolute atomic E-state index is 0.197. The van der Waals surface area contributed by atoms with E-state index in [0.717, 1.165) is 11.1 Å². The van der Waals surface area contributed by atoms with Gasteiger partial charge in [-0.2, -0.15) is 0 Å². The van der Waals surface area contributed by atoms with Crippen LogP contribution in [-0.2, 0) is 17.8 Å². The Hall–Kier alpha value is -2.04. The summed E-state index contributed by atoms with van der Waals surface area (Å²) in [7, 11) is 0. The van der Waals surface area contributed by atoms with E-state index in [4.69, 9.17) is 0 Å². The second-order valence-electron chi connectivity index (χ2n) is 4.91. The van der Waals surface area contributed by atoms with E-state index in [1.807, 2.05) is 38.1 Å². The fourth-order valence-corrected chi connectivity index (χ4v) is 2.62. The molecule has 0 radical (unpaired) electrons. The molecule has 2 rings (SSSR count). The summed E-state index contributed by atoms with van der Waals surface area (Å²) in [5.74, 6) is -0.944. The van der Waals surface area contributed by atoms with E-state index in [9.17, 15) is 14.7 Å². The maximum Gasteiger partial charge on any atom is 0.326 e. The lowest BCUT2D eigenvalue weighted by Gasteiger charge is -2.37. The van der Waals surface area contributed by atoms with Crippen molar-refractivity contribution in [2.24, 2.45) is 0 Å². The fraction of sp³-hybridized carbons (Fsp3) is 0.467. The van der Waals surface area contributed by atoms with Gasteiger partial charge in [0.05, 0.1) is 0 Å². The molecule has 0 unspecified atom stereocenters. The lowest BCUT2D eigenvalue weighted by molar-refractivity contribution is -0.142. The molecule has 5 nitrogen and oxygen atoms in total. The van der Waals surface area contributed by atoms with Crippen molar-refractivity contribution in [3.63, 3.8) is 0 Å². The molecule has 0 aromatic heterocycles. The number of hydrogen-bond donors (Lipinski definition) is 1. The van der Waals surface area contributed by atoms with Crippen LogP contribution in [0.3, 0.4) is 0 Å². The molecule has 1 aliphatic heterocycles. The van der Waals surface area contributed by atoms with Gasteiger partial charge >= 0.3 is 12.0 Å². The molecular formula is C15H20N2O3. The van der Waals surface area contributed by atoms with Crippen molar-refractivity contribution < 1.29 is 14.7 Å². The molecule has 1 atom stereocenters. The lowest BCUT2D eigenvalue weighted by atomic mass is 9.94. The zero-order valence-electron chi connectivity index (χ0n) is 11.9. The number of fused-ring (bicyclic) bond motifs is 1. The summed E-state index contributed by atoms with van der Waals surface area (Å²) in [5, 5.41) is 9.40. The molecule has 0 fully saturated rings. The van der Waals surface area contributed by atoms with Crippen LogP contribution in [0.5, 0.6) is 0 Å². The predicted octanol–water partition coefficient (Wildman–Crippen LogP) is 1.96. The number of rotatable bonds is 3. The molecule has 2 amide bonds.